The number of rotatable bonds is 4. The summed E-state index contributed by atoms with van der Waals surface area (Å²) in [5, 5.41) is 7.58. The highest BCUT2D eigenvalue weighted by atomic mass is 16.5. The number of nitrogen functional groups attached to an aromatic ring is 1. The predicted octanol–water partition coefficient (Wildman–Crippen LogP) is 2.74. The number of nitrogens with zero attached hydrogens (tertiary/aromatic N) is 1. The summed E-state index contributed by atoms with van der Waals surface area (Å²) in [5.41, 5.74) is 7.46. The van der Waals surface area contributed by atoms with Gasteiger partial charge in [-0.25, -0.2) is 0 Å². The molecule has 4 nitrogen and oxygen atoms in total. The maximum Gasteiger partial charge on any atom is 0.123 e. The van der Waals surface area contributed by atoms with Crippen LogP contribution < -0.4 is 10.5 Å². The van der Waals surface area contributed by atoms with Crippen molar-refractivity contribution in [2.24, 2.45) is 5.73 Å². The van der Waals surface area contributed by atoms with Gasteiger partial charge in [-0.05, 0) is 44.9 Å². The van der Waals surface area contributed by atoms with Crippen LogP contribution in [-0.2, 0) is 6.54 Å². The van der Waals surface area contributed by atoms with E-state index in [1.807, 2.05) is 18.2 Å². The Morgan fingerprint density at radius 3 is 2.55 bits per heavy atom. The third kappa shape index (κ3) is 3.12. The number of nitrogens with two attached hydrogens (primary N) is 1. The van der Waals surface area contributed by atoms with Crippen molar-refractivity contribution < 1.29 is 4.74 Å². The first-order valence-corrected chi connectivity index (χ1v) is 7.30. The number of piperidine rings is 1. The molecule has 2 rings (SSSR count). The maximum atomic E-state index is 7.58. The van der Waals surface area contributed by atoms with Crippen molar-refractivity contribution in [2.75, 3.05) is 7.11 Å². The van der Waals surface area contributed by atoms with Crippen molar-refractivity contribution in [1.82, 2.24) is 4.90 Å². The van der Waals surface area contributed by atoms with E-state index in [0.717, 1.165) is 23.4 Å². The van der Waals surface area contributed by atoms with Gasteiger partial charge in [-0.3, -0.25) is 10.3 Å². The van der Waals surface area contributed by atoms with Crippen molar-refractivity contribution in [3.05, 3.63) is 29.3 Å². The van der Waals surface area contributed by atoms with E-state index >= 15 is 0 Å². The van der Waals surface area contributed by atoms with Crippen LogP contribution in [0.2, 0.25) is 0 Å². The van der Waals surface area contributed by atoms with Gasteiger partial charge in [0.25, 0.3) is 0 Å². The lowest BCUT2D eigenvalue weighted by molar-refractivity contribution is 0.0943. The molecule has 1 aliphatic heterocycles. The van der Waals surface area contributed by atoms with Crippen molar-refractivity contribution >= 4 is 5.84 Å². The van der Waals surface area contributed by atoms with Gasteiger partial charge in [0, 0.05) is 29.8 Å². The van der Waals surface area contributed by atoms with Crippen LogP contribution in [-0.4, -0.2) is 29.9 Å². The molecule has 1 aromatic rings. The van der Waals surface area contributed by atoms with E-state index in [2.05, 4.69) is 18.7 Å². The molecule has 0 bridgehead atoms. The third-order valence-electron chi connectivity index (χ3n) is 4.32. The summed E-state index contributed by atoms with van der Waals surface area (Å²) in [4.78, 5) is 2.52. The second-order valence-corrected chi connectivity index (χ2v) is 5.74. The van der Waals surface area contributed by atoms with Crippen molar-refractivity contribution in [2.45, 2.75) is 51.7 Å². The quantitative estimate of drug-likeness (QED) is 0.656. The number of ether oxygens (including phenoxy) is 1. The average molecular weight is 275 g/mol. The molecule has 1 aromatic carbocycles. The van der Waals surface area contributed by atoms with Gasteiger partial charge in [-0.1, -0.05) is 6.42 Å². The minimum Gasteiger partial charge on any atom is -0.496 e. The fourth-order valence-electron chi connectivity index (χ4n) is 3.05. The Kier molecular flexibility index (Phi) is 4.65. The molecule has 0 saturated carbocycles. The number of methoxy groups -OCH3 is 1. The molecule has 20 heavy (non-hydrogen) atoms. The third-order valence-corrected chi connectivity index (χ3v) is 4.32. The molecule has 0 radical (unpaired) electrons. The molecule has 0 aromatic heterocycles. The minimum absolute atomic E-state index is 0.105. The maximum absolute atomic E-state index is 7.58. The largest absolute Gasteiger partial charge is 0.496 e. The van der Waals surface area contributed by atoms with Gasteiger partial charge in [0.1, 0.15) is 11.6 Å². The zero-order valence-electron chi connectivity index (χ0n) is 12.6. The lowest BCUT2D eigenvalue weighted by Crippen LogP contribution is -2.43. The van der Waals surface area contributed by atoms with E-state index < -0.39 is 0 Å². The number of amidine groups is 1. The first-order chi connectivity index (χ1) is 9.52. The van der Waals surface area contributed by atoms with Gasteiger partial charge in [0.2, 0.25) is 0 Å². The first-order valence-electron chi connectivity index (χ1n) is 7.30. The Bertz CT molecular complexity index is 477. The molecule has 110 valence electrons. The molecule has 0 spiro atoms. The second-order valence-electron chi connectivity index (χ2n) is 5.74. The Morgan fingerprint density at radius 2 is 2.00 bits per heavy atom. The lowest BCUT2D eigenvalue weighted by Gasteiger charge is -2.39. The van der Waals surface area contributed by atoms with Gasteiger partial charge in [0.05, 0.1) is 7.11 Å². The van der Waals surface area contributed by atoms with Gasteiger partial charge < -0.3 is 10.5 Å². The topological polar surface area (TPSA) is 62.3 Å². The minimum atomic E-state index is 0.105. The lowest BCUT2D eigenvalue weighted by atomic mass is 9.96. The molecular weight excluding hydrogens is 250 g/mol. The van der Waals surface area contributed by atoms with Crippen molar-refractivity contribution in [3.63, 3.8) is 0 Å². The van der Waals surface area contributed by atoms with E-state index in [1.54, 1.807) is 7.11 Å². The Balaban J connectivity index is 2.26. The Labute approximate surface area is 121 Å². The van der Waals surface area contributed by atoms with Crippen LogP contribution in [0.3, 0.4) is 0 Å². The molecule has 4 heteroatoms. The van der Waals surface area contributed by atoms with E-state index in [4.69, 9.17) is 15.9 Å². The summed E-state index contributed by atoms with van der Waals surface area (Å²) in [6.07, 6.45) is 3.81. The molecule has 1 heterocycles. The molecule has 3 N–H and O–H groups in total. The molecule has 2 atom stereocenters. The normalized spacial score (nSPS) is 23.6. The highest BCUT2D eigenvalue weighted by Gasteiger charge is 2.25. The monoisotopic (exact) mass is 275 g/mol. The zero-order chi connectivity index (χ0) is 14.7. The Hall–Kier alpha value is -1.55. The molecule has 0 unspecified atom stereocenters. The van der Waals surface area contributed by atoms with Gasteiger partial charge >= 0.3 is 0 Å². The van der Waals surface area contributed by atoms with E-state index in [1.165, 1.54) is 19.3 Å². The number of hydrogen-bond donors (Lipinski definition) is 2. The summed E-state index contributed by atoms with van der Waals surface area (Å²) < 4.78 is 5.45. The highest BCUT2D eigenvalue weighted by Crippen LogP contribution is 2.28. The smallest absolute Gasteiger partial charge is 0.123 e. The highest BCUT2D eigenvalue weighted by molar-refractivity contribution is 5.95. The van der Waals surface area contributed by atoms with Gasteiger partial charge in [-0.15, -0.1) is 0 Å². The van der Waals surface area contributed by atoms with Crippen LogP contribution in [0.25, 0.3) is 0 Å². The standard InChI is InChI=1S/C16H25N3O/c1-11-5-4-6-12(2)19(11)10-14-9-13(16(17)18)7-8-15(14)20-3/h7-9,11-12H,4-6,10H2,1-3H3,(H3,17,18)/t11-,12+. The summed E-state index contributed by atoms with van der Waals surface area (Å²) in [6.45, 7) is 5.43. The number of benzene rings is 1. The van der Waals surface area contributed by atoms with Crippen LogP contribution in [0.4, 0.5) is 0 Å². The number of hydrogen-bond acceptors (Lipinski definition) is 3. The van der Waals surface area contributed by atoms with E-state index in [-0.39, 0.29) is 5.84 Å². The summed E-state index contributed by atoms with van der Waals surface area (Å²) >= 11 is 0. The van der Waals surface area contributed by atoms with E-state index in [9.17, 15) is 0 Å². The summed E-state index contributed by atoms with van der Waals surface area (Å²) in [5.74, 6) is 0.980. The summed E-state index contributed by atoms with van der Waals surface area (Å²) in [7, 11) is 1.69. The number of nitrogens with one attached hydrogen (secondary N) is 1. The molecule has 0 aliphatic carbocycles. The first kappa shape index (κ1) is 14.9. The second kappa shape index (κ2) is 6.27. The van der Waals surface area contributed by atoms with Crippen LogP contribution in [0, 0.1) is 5.41 Å². The van der Waals surface area contributed by atoms with E-state index in [0.29, 0.717) is 12.1 Å². The zero-order valence-corrected chi connectivity index (χ0v) is 12.6. The Morgan fingerprint density at radius 1 is 1.35 bits per heavy atom. The average Bonchev–Trinajstić information content (AvgIpc) is 2.42. The molecule has 1 aliphatic rings. The number of likely N-dealkylation sites (tertiary alicyclic amines) is 1. The van der Waals surface area contributed by atoms with Crippen LogP contribution in [0.1, 0.15) is 44.2 Å². The van der Waals surface area contributed by atoms with Crippen molar-refractivity contribution in [1.29, 1.82) is 5.41 Å². The molecule has 1 fully saturated rings. The van der Waals surface area contributed by atoms with Crippen molar-refractivity contribution in [3.8, 4) is 5.75 Å². The van der Waals surface area contributed by atoms with Gasteiger partial charge in [-0.2, -0.15) is 0 Å². The SMILES string of the molecule is COc1ccc(C(=N)N)cc1CN1[C@H](C)CCC[C@@H]1C. The predicted molar refractivity (Wildman–Crippen MR) is 82.3 cm³/mol. The van der Waals surface area contributed by atoms with Gasteiger partial charge in [0.15, 0.2) is 0 Å². The van der Waals surface area contributed by atoms with Crippen LogP contribution in [0.5, 0.6) is 5.75 Å². The fourth-order valence-corrected chi connectivity index (χ4v) is 3.05. The summed E-state index contributed by atoms with van der Waals surface area (Å²) in [6, 6.07) is 6.91. The molecular formula is C16H25N3O. The molecule has 0 amide bonds. The van der Waals surface area contributed by atoms with Crippen LogP contribution >= 0.6 is 0 Å². The van der Waals surface area contributed by atoms with Crippen LogP contribution in [0.15, 0.2) is 18.2 Å². The molecule has 1 saturated heterocycles. The fraction of sp³-hybridized carbons (Fsp3) is 0.562.